The minimum Gasteiger partial charge on any atom is -0.491 e. The molecule has 0 bridgehead atoms. The summed E-state index contributed by atoms with van der Waals surface area (Å²) in [7, 11) is 0. The van der Waals surface area contributed by atoms with Gasteiger partial charge in [0.15, 0.2) is 0 Å². The van der Waals surface area contributed by atoms with Gasteiger partial charge >= 0.3 is 0 Å². The van der Waals surface area contributed by atoms with Gasteiger partial charge in [-0.25, -0.2) is 14.4 Å². The number of hydrogen-bond donors (Lipinski definition) is 2. The van der Waals surface area contributed by atoms with Crippen LogP contribution < -0.4 is 20.5 Å². The van der Waals surface area contributed by atoms with Gasteiger partial charge in [-0.2, -0.15) is 0 Å². The largest absolute Gasteiger partial charge is 0.491 e. The number of carbonyl (C=O) groups is 2. The molecule has 1 atom stereocenters. The smallest absolute Gasteiger partial charge is 0.251 e. The van der Waals surface area contributed by atoms with Crippen LogP contribution in [0.5, 0.6) is 11.5 Å². The van der Waals surface area contributed by atoms with Gasteiger partial charge < -0.3 is 20.5 Å². The SMILES string of the molecule is CCCOc1cc(C(=O)NCCc2cc3c(c(-c4ccc(F)c(Cl)c4)n2)OCC3C)cc2cc(C)c(Cl)nc12.NC=O. The van der Waals surface area contributed by atoms with Crippen LogP contribution in [-0.4, -0.2) is 42.0 Å². The summed E-state index contributed by atoms with van der Waals surface area (Å²) in [6.45, 7) is 7.38. The zero-order chi connectivity index (χ0) is 30.4. The number of nitrogens with one attached hydrogen (secondary N) is 1. The minimum atomic E-state index is -0.490. The number of pyridine rings is 2. The predicted octanol–water partition coefficient (Wildman–Crippen LogP) is 6.41. The van der Waals surface area contributed by atoms with Crippen LogP contribution in [0.3, 0.4) is 0 Å². The summed E-state index contributed by atoms with van der Waals surface area (Å²) in [5.74, 6) is 0.692. The highest BCUT2D eigenvalue weighted by Gasteiger charge is 2.26. The van der Waals surface area contributed by atoms with Crippen molar-refractivity contribution in [3.8, 4) is 22.8 Å². The molecule has 11 heteroatoms. The highest BCUT2D eigenvalue weighted by atomic mass is 35.5. The van der Waals surface area contributed by atoms with Crippen molar-refractivity contribution in [1.82, 2.24) is 15.3 Å². The van der Waals surface area contributed by atoms with Crippen LogP contribution >= 0.6 is 23.2 Å². The molecule has 3 heterocycles. The summed E-state index contributed by atoms with van der Waals surface area (Å²) in [6, 6.07) is 11.9. The fourth-order valence-electron chi connectivity index (χ4n) is 4.59. The first kappa shape index (κ1) is 31.0. The second kappa shape index (κ2) is 13.8. The van der Waals surface area contributed by atoms with Gasteiger partial charge in [0.05, 0.1) is 18.2 Å². The first-order valence-corrected chi connectivity index (χ1v) is 14.2. The van der Waals surface area contributed by atoms with Gasteiger partial charge in [-0.3, -0.25) is 9.59 Å². The lowest BCUT2D eigenvalue weighted by molar-refractivity contribution is -0.106. The number of fused-ring (bicyclic) bond motifs is 2. The molecule has 1 aliphatic rings. The Hall–Kier alpha value is -3.95. The highest BCUT2D eigenvalue weighted by molar-refractivity contribution is 6.31. The molecular formula is C31H31Cl2FN4O4. The molecule has 0 radical (unpaired) electrons. The molecule has 1 aliphatic heterocycles. The summed E-state index contributed by atoms with van der Waals surface area (Å²) in [5, 5.41) is 4.21. The molecule has 4 aromatic rings. The topological polar surface area (TPSA) is 116 Å². The van der Waals surface area contributed by atoms with Crippen LogP contribution in [-0.2, 0) is 11.2 Å². The maximum absolute atomic E-state index is 13.8. The van der Waals surface area contributed by atoms with Crippen molar-refractivity contribution < 1.29 is 23.5 Å². The zero-order valence-electron chi connectivity index (χ0n) is 23.5. The van der Waals surface area contributed by atoms with E-state index in [0.717, 1.165) is 28.6 Å². The van der Waals surface area contributed by atoms with Crippen molar-refractivity contribution in [3.05, 3.63) is 80.8 Å². The van der Waals surface area contributed by atoms with Crippen molar-refractivity contribution in [3.63, 3.8) is 0 Å². The Labute approximate surface area is 253 Å². The monoisotopic (exact) mass is 612 g/mol. The number of aromatic nitrogens is 2. The number of primary amides is 1. The summed E-state index contributed by atoms with van der Waals surface area (Å²) in [4.78, 5) is 31.0. The number of ether oxygens (including phenoxy) is 2. The average Bonchev–Trinajstić information content (AvgIpc) is 3.34. The quantitative estimate of drug-likeness (QED) is 0.175. The Kier molecular flexibility index (Phi) is 10.2. The first-order valence-electron chi connectivity index (χ1n) is 13.5. The number of benzene rings is 2. The van der Waals surface area contributed by atoms with Gasteiger partial charge in [-0.15, -0.1) is 0 Å². The fourth-order valence-corrected chi connectivity index (χ4v) is 4.91. The van der Waals surface area contributed by atoms with Crippen LogP contribution in [0.1, 0.15) is 53.4 Å². The molecular weight excluding hydrogens is 582 g/mol. The van der Waals surface area contributed by atoms with Crippen molar-refractivity contribution in [1.29, 1.82) is 0 Å². The van der Waals surface area contributed by atoms with Gasteiger partial charge in [-0.1, -0.05) is 37.0 Å². The fraction of sp³-hybridized carbons (Fsp3) is 0.290. The first-order chi connectivity index (χ1) is 20.2. The lowest BCUT2D eigenvalue weighted by atomic mass is 9.99. The van der Waals surface area contributed by atoms with Crippen molar-refractivity contribution >= 4 is 46.4 Å². The Morgan fingerprint density at radius 3 is 2.69 bits per heavy atom. The second-order valence-corrected chi connectivity index (χ2v) is 10.6. The molecule has 8 nitrogen and oxygen atoms in total. The van der Waals surface area contributed by atoms with E-state index >= 15 is 0 Å². The molecule has 5 rings (SSSR count). The summed E-state index contributed by atoms with van der Waals surface area (Å²) >= 11 is 12.3. The Morgan fingerprint density at radius 1 is 1.21 bits per heavy atom. The molecule has 42 heavy (non-hydrogen) atoms. The molecule has 0 aliphatic carbocycles. The number of carbonyl (C=O) groups excluding carboxylic acids is 2. The van der Waals surface area contributed by atoms with E-state index in [1.807, 2.05) is 26.0 Å². The third kappa shape index (κ3) is 6.91. The lowest BCUT2D eigenvalue weighted by Gasteiger charge is -2.13. The zero-order valence-corrected chi connectivity index (χ0v) is 25.0. The number of nitrogens with two attached hydrogens (primary N) is 1. The van der Waals surface area contributed by atoms with Crippen LogP contribution in [0.4, 0.5) is 4.39 Å². The summed E-state index contributed by atoms with van der Waals surface area (Å²) in [5.41, 5.74) is 9.22. The molecule has 0 saturated carbocycles. The number of rotatable bonds is 8. The molecule has 3 N–H and O–H groups in total. The van der Waals surface area contributed by atoms with E-state index in [0.29, 0.717) is 65.2 Å². The number of hydrogen-bond acceptors (Lipinski definition) is 6. The third-order valence-corrected chi connectivity index (χ3v) is 7.33. The normalized spacial score (nSPS) is 13.5. The van der Waals surface area contributed by atoms with Crippen LogP contribution in [0.25, 0.3) is 22.2 Å². The maximum Gasteiger partial charge on any atom is 0.251 e. The van der Waals surface area contributed by atoms with E-state index in [1.165, 1.54) is 6.07 Å². The Bertz CT molecular complexity index is 1630. The Balaban J connectivity index is 0.00000129. The van der Waals surface area contributed by atoms with E-state index in [2.05, 4.69) is 23.0 Å². The van der Waals surface area contributed by atoms with Crippen molar-refractivity contribution in [2.24, 2.45) is 5.73 Å². The molecule has 1 unspecified atom stereocenters. The van der Waals surface area contributed by atoms with Crippen LogP contribution in [0, 0.1) is 12.7 Å². The number of aryl methyl sites for hydroxylation is 1. The van der Waals surface area contributed by atoms with Gasteiger partial charge in [-0.05, 0) is 61.4 Å². The molecule has 2 aromatic carbocycles. The van der Waals surface area contributed by atoms with E-state index < -0.39 is 5.82 Å². The van der Waals surface area contributed by atoms with Crippen molar-refractivity contribution in [2.75, 3.05) is 19.8 Å². The predicted molar refractivity (Wildman–Crippen MR) is 162 cm³/mol. The molecule has 0 spiro atoms. The number of halogens is 3. The average molecular weight is 614 g/mol. The molecule has 2 amide bonds. The van der Waals surface area contributed by atoms with E-state index in [1.54, 1.807) is 24.3 Å². The Morgan fingerprint density at radius 2 is 1.98 bits per heavy atom. The third-order valence-electron chi connectivity index (χ3n) is 6.66. The molecule has 0 fully saturated rings. The summed E-state index contributed by atoms with van der Waals surface area (Å²) < 4.78 is 25.6. The van der Waals surface area contributed by atoms with Crippen LogP contribution in [0.15, 0.2) is 42.5 Å². The van der Waals surface area contributed by atoms with E-state index in [4.69, 9.17) is 42.5 Å². The summed E-state index contributed by atoms with van der Waals surface area (Å²) in [6.07, 6.45) is 1.57. The molecule has 220 valence electrons. The molecule has 0 saturated heterocycles. The molecule has 2 aromatic heterocycles. The van der Waals surface area contributed by atoms with Gasteiger partial charge in [0.1, 0.15) is 33.7 Å². The highest BCUT2D eigenvalue weighted by Crippen LogP contribution is 2.41. The second-order valence-electron chi connectivity index (χ2n) is 9.85. The van der Waals surface area contributed by atoms with E-state index in [-0.39, 0.29) is 23.3 Å². The number of amides is 2. The number of nitrogens with zero attached hydrogens (tertiary/aromatic N) is 2. The van der Waals surface area contributed by atoms with E-state index in [9.17, 15) is 9.18 Å². The lowest BCUT2D eigenvalue weighted by Crippen LogP contribution is -2.26. The van der Waals surface area contributed by atoms with Gasteiger partial charge in [0, 0.05) is 46.7 Å². The minimum absolute atomic E-state index is 0.0251. The van der Waals surface area contributed by atoms with Crippen molar-refractivity contribution in [2.45, 2.75) is 39.5 Å². The standard InChI is InChI=1S/C30H28Cl2FN3O3.CH3NO/c1-4-9-38-25-13-20(11-19-10-16(2)29(32)36-26(19)25)30(37)34-8-7-21-14-22-17(3)15-39-28(22)27(35-21)18-5-6-24(33)23(31)12-18;2-1-3/h5-6,10-14,17H,4,7-9,15H2,1-3H3,(H,34,37);1H,(H2,2,3). The van der Waals surface area contributed by atoms with Crippen LogP contribution in [0.2, 0.25) is 10.2 Å². The van der Waals surface area contributed by atoms with Gasteiger partial charge in [0.2, 0.25) is 6.41 Å². The maximum atomic E-state index is 13.8. The van der Waals surface area contributed by atoms with Gasteiger partial charge in [0.25, 0.3) is 5.91 Å².